The maximum absolute atomic E-state index is 12.6. The molecule has 1 aliphatic carbocycles. The number of hydrogen-bond donors (Lipinski definition) is 1. The average Bonchev–Trinajstić information content (AvgIpc) is 2.61. The van der Waals surface area contributed by atoms with Gasteiger partial charge in [-0.15, -0.1) is 12.4 Å². The molecule has 2 N–H and O–H groups in total. The van der Waals surface area contributed by atoms with Crippen molar-refractivity contribution in [1.29, 1.82) is 0 Å². The fraction of sp³-hybridized carbons (Fsp3) is 0.632. The largest absolute Gasteiger partial charge is 0.342 e. The Hall–Kier alpha value is -1.10. The number of benzene rings is 1. The molecule has 0 heterocycles. The van der Waals surface area contributed by atoms with Gasteiger partial charge in [-0.25, -0.2) is 0 Å². The zero-order valence-corrected chi connectivity index (χ0v) is 15.6. The van der Waals surface area contributed by atoms with Gasteiger partial charge in [0.15, 0.2) is 0 Å². The molecule has 0 bridgehead atoms. The molecule has 0 spiro atoms. The molecule has 0 saturated heterocycles. The second-order valence-corrected chi connectivity index (χ2v) is 6.60. The van der Waals surface area contributed by atoms with E-state index >= 15 is 0 Å². The van der Waals surface area contributed by atoms with Gasteiger partial charge in [0.25, 0.3) is 0 Å². The summed E-state index contributed by atoms with van der Waals surface area (Å²) in [6.07, 6.45) is 7.09. The van der Waals surface area contributed by atoms with Gasteiger partial charge in [-0.1, -0.05) is 49.6 Å². The number of halogens is 1. The summed E-state index contributed by atoms with van der Waals surface area (Å²) in [4.78, 5) is 16.7. The minimum atomic E-state index is 0. The molecule has 1 aromatic carbocycles. The lowest BCUT2D eigenvalue weighted by Crippen LogP contribution is -2.45. The molecular weight excluding hydrogens is 322 g/mol. The van der Waals surface area contributed by atoms with Gasteiger partial charge in [-0.3, -0.25) is 9.69 Å². The summed E-state index contributed by atoms with van der Waals surface area (Å²) in [5.74, 6) is 0.235. The van der Waals surface area contributed by atoms with Crippen molar-refractivity contribution < 1.29 is 4.79 Å². The maximum Gasteiger partial charge on any atom is 0.236 e. The molecule has 0 atom stereocenters. The molecule has 1 aromatic rings. The quantitative estimate of drug-likeness (QED) is 0.781. The first-order chi connectivity index (χ1) is 11.2. The lowest BCUT2D eigenvalue weighted by Gasteiger charge is -2.33. The van der Waals surface area contributed by atoms with E-state index in [2.05, 4.69) is 29.2 Å². The smallest absolute Gasteiger partial charge is 0.236 e. The summed E-state index contributed by atoms with van der Waals surface area (Å²) in [6, 6.07) is 10.9. The van der Waals surface area contributed by atoms with Crippen LogP contribution in [0, 0.1) is 0 Å². The highest BCUT2D eigenvalue weighted by atomic mass is 35.5. The van der Waals surface area contributed by atoms with E-state index < -0.39 is 0 Å². The minimum Gasteiger partial charge on any atom is -0.342 e. The molecule has 2 rings (SSSR count). The van der Waals surface area contributed by atoms with Crippen LogP contribution in [0.25, 0.3) is 0 Å². The van der Waals surface area contributed by atoms with Crippen molar-refractivity contribution in [2.45, 2.75) is 44.6 Å². The average molecular weight is 354 g/mol. The Labute approximate surface area is 152 Å². The van der Waals surface area contributed by atoms with Crippen LogP contribution in [0.1, 0.15) is 37.7 Å². The van der Waals surface area contributed by atoms with Crippen molar-refractivity contribution in [1.82, 2.24) is 9.80 Å². The monoisotopic (exact) mass is 353 g/mol. The van der Waals surface area contributed by atoms with Gasteiger partial charge in [0.1, 0.15) is 0 Å². The Morgan fingerprint density at radius 1 is 1.12 bits per heavy atom. The summed E-state index contributed by atoms with van der Waals surface area (Å²) in [7, 11) is 1.97. The number of nitrogens with two attached hydrogens (primary N) is 1. The number of amides is 1. The number of nitrogens with zero attached hydrogens (tertiary/aromatic N) is 2. The summed E-state index contributed by atoms with van der Waals surface area (Å²) in [5, 5.41) is 0. The van der Waals surface area contributed by atoms with E-state index in [9.17, 15) is 4.79 Å². The van der Waals surface area contributed by atoms with Crippen LogP contribution in [0.3, 0.4) is 0 Å². The van der Waals surface area contributed by atoms with Gasteiger partial charge in [-0.05, 0) is 24.8 Å². The lowest BCUT2D eigenvalue weighted by molar-refractivity contribution is -0.133. The topological polar surface area (TPSA) is 49.6 Å². The van der Waals surface area contributed by atoms with E-state index in [0.29, 0.717) is 19.1 Å². The molecule has 1 fully saturated rings. The lowest BCUT2D eigenvalue weighted by atomic mass is 9.94. The van der Waals surface area contributed by atoms with Gasteiger partial charge in [0, 0.05) is 32.7 Å². The second-order valence-electron chi connectivity index (χ2n) is 6.60. The van der Waals surface area contributed by atoms with Crippen LogP contribution in [-0.4, -0.2) is 55.0 Å². The Morgan fingerprint density at radius 3 is 2.42 bits per heavy atom. The summed E-state index contributed by atoms with van der Waals surface area (Å²) in [6.45, 7) is 2.73. The van der Waals surface area contributed by atoms with E-state index in [1.165, 1.54) is 24.8 Å². The minimum absolute atomic E-state index is 0. The van der Waals surface area contributed by atoms with Crippen LogP contribution in [0.4, 0.5) is 0 Å². The summed E-state index contributed by atoms with van der Waals surface area (Å²) in [5.41, 5.74) is 7.03. The van der Waals surface area contributed by atoms with Crippen LogP contribution in [-0.2, 0) is 11.2 Å². The molecule has 0 radical (unpaired) electrons. The Kier molecular flexibility index (Phi) is 9.99. The van der Waals surface area contributed by atoms with Gasteiger partial charge >= 0.3 is 0 Å². The van der Waals surface area contributed by atoms with Crippen LogP contribution < -0.4 is 5.73 Å². The van der Waals surface area contributed by atoms with Crippen molar-refractivity contribution in [3.63, 3.8) is 0 Å². The zero-order chi connectivity index (χ0) is 16.5. The van der Waals surface area contributed by atoms with Crippen molar-refractivity contribution >= 4 is 18.3 Å². The highest BCUT2D eigenvalue weighted by molar-refractivity contribution is 5.85. The Morgan fingerprint density at radius 2 is 1.79 bits per heavy atom. The predicted molar refractivity (Wildman–Crippen MR) is 103 cm³/mol. The van der Waals surface area contributed by atoms with Crippen LogP contribution >= 0.6 is 12.4 Å². The standard InChI is InChI=1S/C19H31N3O.ClH/c1-21(18-10-6-3-7-11-18)19(23)16-22(15-13-20)14-12-17-8-4-2-5-9-17;/h2,4-5,8-9,18H,3,6-7,10-16,20H2,1H3;1H. The van der Waals surface area contributed by atoms with Crippen LogP contribution in [0.5, 0.6) is 0 Å². The second kappa shape index (κ2) is 11.5. The van der Waals surface area contributed by atoms with Crippen molar-refractivity contribution in [3.8, 4) is 0 Å². The third-order valence-electron chi connectivity index (χ3n) is 4.88. The zero-order valence-electron chi connectivity index (χ0n) is 14.8. The van der Waals surface area contributed by atoms with Crippen LogP contribution in [0.15, 0.2) is 30.3 Å². The highest BCUT2D eigenvalue weighted by Gasteiger charge is 2.23. The predicted octanol–water partition coefficient (Wildman–Crippen LogP) is 2.70. The molecule has 1 saturated carbocycles. The third kappa shape index (κ3) is 6.80. The highest BCUT2D eigenvalue weighted by Crippen LogP contribution is 2.21. The van der Waals surface area contributed by atoms with Gasteiger partial charge in [0.2, 0.25) is 5.91 Å². The molecule has 4 nitrogen and oxygen atoms in total. The fourth-order valence-corrected chi connectivity index (χ4v) is 3.36. The molecule has 24 heavy (non-hydrogen) atoms. The van der Waals surface area contributed by atoms with Gasteiger partial charge in [0.05, 0.1) is 6.54 Å². The van der Waals surface area contributed by atoms with E-state index in [0.717, 1.165) is 32.4 Å². The number of carbonyl (C=O) groups is 1. The SMILES string of the molecule is CN(C(=O)CN(CCN)CCc1ccccc1)C1CCCCC1.Cl. The molecule has 1 aliphatic rings. The number of carbonyl (C=O) groups excluding carboxylic acids is 1. The molecule has 0 aliphatic heterocycles. The Balaban J connectivity index is 0.00000288. The summed E-state index contributed by atoms with van der Waals surface area (Å²) < 4.78 is 0. The van der Waals surface area contributed by atoms with Crippen molar-refractivity contribution in [2.75, 3.05) is 33.2 Å². The molecule has 136 valence electrons. The number of likely N-dealkylation sites (N-methyl/N-ethyl adjacent to an activating group) is 1. The first-order valence-corrected chi connectivity index (χ1v) is 8.92. The van der Waals surface area contributed by atoms with Gasteiger partial charge in [-0.2, -0.15) is 0 Å². The molecule has 1 amide bonds. The first-order valence-electron chi connectivity index (χ1n) is 8.92. The van der Waals surface area contributed by atoms with Crippen molar-refractivity contribution in [3.05, 3.63) is 35.9 Å². The maximum atomic E-state index is 12.6. The van der Waals surface area contributed by atoms with E-state index in [1.807, 2.05) is 18.0 Å². The third-order valence-corrected chi connectivity index (χ3v) is 4.88. The van der Waals surface area contributed by atoms with E-state index in [1.54, 1.807) is 0 Å². The normalized spacial score (nSPS) is 15.1. The molecule has 5 heteroatoms. The van der Waals surface area contributed by atoms with Crippen LogP contribution in [0.2, 0.25) is 0 Å². The van der Waals surface area contributed by atoms with Gasteiger partial charge < -0.3 is 10.6 Å². The van der Waals surface area contributed by atoms with Crippen molar-refractivity contribution in [2.24, 2.45) is 5.73 Å². The number of hydrogen-bond acceptors (Lipinski definition) is 3. The fourth-order valence-electron chi connectivity index (χ4n) is 3.36. The van der Waals surface area contributed by atoms with E-state index in [-0.39, 0.29) is 18.3 Å². The molecule has 0 aromatic heterocycles. The first kappa shape index (κ1) is 20.9. The van der Waals surface area contributed by atoms with E-state index in [4.69, 9.17) is 5.73 Å². The molecular formula is C19H32ClN3O. The summed E-state index contributed by atoms with van der Waals surface area (Å²) >= 11 is 0. The molecule has 0 unspecified atom stereocenters. The Bertz CT molecular complexity index is 463. The number of rotatable bonds is 8.